The van der Waals surface area contributed by atoms with Crippen LogP contribution in [-0.2, 0) is 17.7 Å². The fourth-order valence-corrected chi connectivity index (χ4v) is 4.55. The molecule has 1 aromatic heterocycles. The molecule has 3 aromatic carbocycles. The lowest BCUT2D eigenvalue weighted by molar-refractivity contribution is 0.0384. The highest BCUT2D eigenvalue weighted by Gasteiger charge is 2.14. The third kappa shape index (κ3) is 4.12. The van der Waals surface area contributed by atoms with Crippen LogP contribution in [0.15, 0.2) is 66.7 Å². The van der Waals surface area contributed by atoms with Gasteiger partial charge in [0.15, 0.2) is 0 Å². The van der Waals surface area contributed by atoms with Gasteiger partial charge in [0, 0.05) is 53.5 Å². The van der Waals surface area contributed by atoms with Gasteiger partial charge in [-0.25, -0.2) is 5.48 Å². The van der Waals surface area contributed by atoms with Crippen molar-refractivity contribution in [1.82, 2.24) is 14.9 Å². The van der Waals surface area contributed by atoms with Gasteiger partial charge in [-0.2, -0.15) is 0 Å². The minimum atomic E-state index is -0.502. The molecule has 6 heteroatoms. The average molecular weight is 430 g/mol. The molecule has 1 aliphatic rings. The van der Waals surface area contributed by atoms with Crippen molar-refractivity contribution < 1.29 is 14.7 Å². The Morgan fingerprint density at radius 1 is 0.906 bits per heavy atom. The van der Waals surface area contributed by atoms with Crippen molar-refractivity contribution in [2.75, 3.05) is 32.8 Å². The number of carbonyl (C=O) groups is 1. The third-order valence-electron chi connectivity index (χ3n) is 6.32. The third-order valence-corrected chi connectivity index (χ3v) is 6.32. The minimum Gasteiger partial charge on any atom is -0.379 e. The second-order valence-corrected chi connectivity index (χ2v) is 8.30. The maximum atomic E-state index is 11.6. The van der Waals surface area contributed by atoms with E-state index in [1.54, 1.807) is 17.6 Å². The maximum absolute atomic E-state index is 11.6. The molecule has 2 heterocycles. The summed E-state index contributed by atoms with van der Waals surface area (Å²) < 4.78 is 7.79. The van der Waals surface area contributed by atoms with E-state index in [0.29, 0.717) is 12.1 Å². The van der Waals surface area contributed by atoms with Crippen LogP contribution in [0, 0.1) is 0 Å². The monoisotopic (exact) mass is 429 g/mol. The van der Waals surface area contributed by atoms with Crippen molar-refractivity contribution in [3.63, 3.8) is 0 Å². The summed E-state index contributed by atoms with van der Waals surface area (Å²) in [4.78, 5) is 14.1. The van der Waals surface area contributed by atoms with Crippen molar-refractivity contribution in [3.8, 4) is 0 Å². The number of benzene rings is 3. The molecule has 6 nitrogen and oxygen atoms in total. The van der Waals surface area contributed by atoms with Crippen molar-refractivity contribution >= 4 is 27.7 Å². The molecule has 1 saturated heterocycles. The fraction of sp³-hybridized carbons (Fsp3) is 0.269. The molecule has 0 radical (unpaired) electrons. The first-order valence-electron chi connectivity index (χ1n) is 11.1. The van der Waals surface area contributed by atoms with E-state index >= 15 is 0 Å². The lowest BCUT2D eigenvalue weighted by Gasteiger charge is -2.26. The van der Waals surface area contributed by atoms with Gasteiger partial charge in [0.25, 0.3) is 5.91 Å². The Balaban J connectivity index is 1.45. The maximum Gasteiger partial charge on any atom is 0.274 e. The fourth-order valence-electron chi connectivity index (χ4n) is 4.55. The van der Waals surface area contributed by atoms with Crippen LogP contribution in [0.2, 0.25) is 0 Å². The highest BCUT2D eigenvalue weighted by atomic mass is 16.5. The molecule has 0 aliphatic carbocycles. The summed E-state index contributed by atoms with van der Waals surface area (Å²) in [6, 6.07) is 22.7. The van der Waals surface area contributed by atoms with Gasteiger partial charge >= 0.3 is 0 Å². The topological polar surface area (TPSA) is 66.7 Å². The molecule has 1 amide bonds. The molecule has 1 fully saturated rings. The Hall–Kier alpha value is -3.19. The summed E-state index contributed by atoms with van der Waals surface area (Å²) in [5, 5.41) is 11.4. The molecular weight excluding hydrogens is 402 g/mol. The zero-order chi connectivity index (χ0) is 21.9. The normalized spacial score (nSPS) is 14.8. The first kappa shape index (κ1) is 20.7. The Morgan fingerprint density at radius 3 is 2.41 bits per heavy atom. The first-order chi connectivity index (χ1) is 15.7. The van der Waals surface area contributed by atoms with Crippen LogP contribution in [0.3, 0.4) is 0 Å². The molecule has 32 heavy (non-hydrogen) atoms. The van der Waals surface area contributed by atoms with Crippen molar-refractivity contribution in [3.05, 3.63) is 83.4 Å². The number of morpholine rings is 1. The van der Waals surface area contributed by atoms with Crippen molar-refractivity contribution in [2.45, 2.75) is 13.0 Å². The molecule has 0 saturated carbocycles. The van der Waals surface area contributed by atoms with Gasteiger partial charge in [-0.3, -0.25) is 14.9 Å². The lowest BCUT2D eigenvalue weighted by Crippen LogP contribution is -2.37. The van der Waals surface area contributed by atoms with Crippen LogP contribution in [0.1, 0.15) is 21.5 Å². The van der Waals surface area contributed by atoms with Gasteiger partial charge in [0.1, 0.15) is 0 Å². The molecule has 0 atom stereocenters. The van der Waals surface area contributed by atoms with E-state index in [4.69, 9.17) is 9.94 Å². The Labute approximate surface area is 187 Å². The van der Waals surface area contributed by atoms with Gasteiger partial charge in [0.05, 0.1) is 13.2 Å². The summed E-state index contributed by atoms with van der Waals surface area (Å²) in [5.74, 6) is -0.502. The zero-order valence-corrected chi connectivity index (χ0v) is 18.0. The number of para-hydroxylation sites is 1. The van der Waals surface area contributed by atoms with Crippen LogP contribution in [0.25, 0.3) is 21.8 Å². The van der Waals surface area contributed by atoms with Crippen LogP contribution in [0.4, 0.5) is 0 Å². The highest BCUT2D eigenvalue weighted by Crippen LogP contribution is 2.30. The number of ether oxygens (including phenoxy) is 1. The summed E-state index contributed by atoms with van der Waals surface area (Å²) >= 11 is 0. The van der Waals surface area contributed by atoms with Gasteiger partial charge in [0.2, 0.25) is 0 Å². The number of hydrogen-bond donors (Lipinski definition) is 2. The van der Waals surface area contributed by atoms with Crippen LogP contribution in [0.5, 0.6) is 0 Å². The highest BCUT2D eigenvalue weighted by molar-refractivity contribution is 6.08. The second-order valence-electron chi connectivity index (χ2n) is 8.30. The molecular formula is C26H27N3O3. The zero-order valence-electron chi connectivity index (χ0n) is 18.0. The van der Waals surface area contributed by atoms with E-state index in [1.165, 1.54) is 27.4 Å². The molecule has 0 spiro atoms. The molecule has 164 valence electrons. The summed E-state index contributed by atoms with van der Waals surface area (Å²) in [6.45, 7) is 5.45. The first-order valence-corrected chi connectivity index (χ1v) is 11.1. The van der Waals surface area contributed by atoms with E-state index in [0.717, 1.165) is 44.8 Å². The molecule has 5 rings (SSSR count). The molecule has 0 bridgehead atoms. The van der Waals surface area contributed by atoms with Crippen molar-refractivity contribution in [1.29, 1.82) is 0 Å². The Bertz CT molecular complexity index is 1240. The summed E-state index contributed by atoms with van der Waals surface area (Å²) in [7, 11) is 0. The van der Waals surface area contributed by atoms with Crippen molar-refractivity contribution in [2.24, 2.45) is 0 Å². The van der Waals surface area contributed by atoms with Gasteiger partial charge in [-0.1, -0.05) is 36.4 Å². The van der Waals surface area contributed by atoms with Gasteiger partial charge < -0.3 is 9.30 Å². The van der Waals surface area contributed by atoms with E-state index in [2.05, 4.69) is 51.9 Å². The number of nitrogens with zero attached hydrogens (tertiary/aromatic N) is 2. The van der Waals surface area contributed by atoms with E-state index in [1.807, 2.05) is 12.1 Å². The van der Waals surface area contributed by atoms with Crippen LogP contribution >= 0.6 is 0 Å². The number of amides is 1. The number of hydroxylamine groups is 1. The predicted octanol–water partition coefficient (Wildman–Crippen LogP) is 3.84. The smallest absolute Gasteiger partial charge is 0.274 e. The van der Waals surface area contributed by atoms with Gasteiger partial charge in [-0.15, -0.1) is 0 Å². The lowest BCUT2D eigenvalue weighted by atomic mass is 10.1. The number of rotatable bonds is 6. The average Bonchev–Trinajstić information content (AvgIpc) is 3.16. The largest absolute Gasteiger partial charge is 0.379 e. The number of aromatic nitrogens is 1. The van der Waals surface area contributed by atoms with E-state index < -0.39 is 5.91 Å². The number of hydrogen-bond acceptors (Lipinski definition) is 4. The second kappa shape index (κ2) is 9.12. The van der Waals surface area contributed by atoms with E-state index in [9.17, 15) is 4.79 Å². The summed E-state index contributed by atoms with van der Waals surface area (Å²) in [6.07, 6.45) is 1.03. The van der Waals surface area contributed by atoms with E-state index in [-0.39, 0.29) is 0 Å². The minimum absolute atomic E-state index is 0.434. The Morgan fingerprint density at radius 2 is 1.62 bits per heavy atom. The number of nitrogens with one attached hydrogen (secondary N) is 1. The van der Waals surface area contributed by atoms with Gasteiger partial charge in [-0.05, 0) is 47.9 Å². The molecule has 2 N–H and O–H groups in total. The molecule has 1 aliphatic heterocycles. The standard InChI is InChI=1S/C26H27N3O3/c30-26(27-31)21-8-5-20(6-9-21)18-29-24-4-2-1-3-22(24)23-17-19(7-10-25(23)29)11-12-28-13-15-32-16-14-28/h1-10,17,31H,11-16,18H2,(H,27,30). The quantitative estimate of drug-likeness (QED) is 0.361. The molecule has 4 aromatic rings. The number of fused-ring (bicyclic) bond motifs is 3. The predicted molar refractivity (Wildman–Crippen MR) is 125 cm³/mol. The Kier molecular flexibility index (Phi) is 5.90. The van der Waals surface area contributed by atoms with Crippen LogP contribution < -0.4 is 5.48 Å². The van der Waals surface area contributed by atoms with Crippen LogP contribution in [-0.4, -0.2) is 53.4 Å². The molecule has 0 unspecified atom stereocenters. The SMILES string of the molecule is O=C(NO)c1ccc(Cn2c3ccccc3c3cc(CCN4CCOCC4)ccc32)cc1. The summed E-state index contributed by atoms with van der Waals surface area (Å²) in [5.41, 5.74) is 6.97. The number of carbonyl (C=O) groups excluding carboxylic acids is 1.